The molecule has 0 bridgehead atoms. The Bertz CT molecular complexity index is 789. The molecule has 1 saturated heterocycles. The summed E-state index contributed by atoms with van der Waals surface area (Å²) < 4.78 is 4.85. The summed E-state index contributed by atoms with van der Waals surface area (Å²) in [5, 5.41) is 3.77. The lowest BCUT2D eigenvalue weighted by Gasteiger charge is -2.26. The van der Waals surface area contributed by atoms with Gasteiger partial charge in [0, 0.05) is 10.9 Å². The van der Waals surface area contributed by atoms with Crippen molar-refractivity contribution in [3.05, 3.63) is 29.5 Å². The van der Waals surface area contributed by atoms with E-state index in [0.29, 0.717) is 17.9 Å². The first-order chi connectivity index (χ1) is 12.0. The molecule has 0 aliphatic carbocycles. The van der Waals surface area contributed by atoms with Gasteiger partial charge in [0.1, 0.15) is 5.69 Å². The Morgan fingerprint density at radius 2 is 2.04 bits per heavy atom. The van der Waals surface area contributed by atoms with Crippen LogP contribution in [0.5, 0.6) is 0 Å². The Hall–Kier alpha value is -2.34. The molecule has 0 atom stereocenters. The first-order valence-electron chi connectivity index (χ1n) is 8.82. The summed E-state index contributed by atoms with van der Waals surface area (Å²) in [5.74, 6) is 0.190. The molecule has 1 aromatic carbocycles. The average molecular weight is 344 g/mol. The number of aryl methyl sites for hydroxylation is 1. The number of hydrogen-bond acceptors (Lipinski definition) is 3. The van der Waals surface area contributed by atoms with Gasteiger partial charge in [-0.15, -0.1) is 0 Å². The molecule has 1 amide bonds. The number of carbonyl (C=O) groups is 2. The van der Waals surface area contributed by atoms with Gasteiger partial charge in [-0.25, -0.2) is 4.79 Å². The summed E-state index contributed by atoms with van der Waals surface area (Å²) in [6, 6.07) is 5.83. The average Bonchev–Trinajstić information content (AvgIpc) is 2.94. The molecule has 3 N–H and O–H groups in total. The molecule has 0 unspecified atom stereocenters. The highest BCUT2D eigenvalue weighted by Gasteiger charge is 2.24. The van der Waals surface area contributed by atoms with Gasteiger partial charge in [-0.05, 0) is 37.8 Å². The Balaban J connectivity index is 1.82. The summed E-state index contributed by atoms with van der Waals surface area (Å²) in [5.41, 5.74) is 2.67. The van der Waals surface area contributed by atoms with Crippen LogP contribution in [0, 0.1) is 12.8 Å². The van der Waals surface area contributed by atoms with E-state index in [0.717, 1.165) is 48.3 Å². The van der Waals surface area contributed by atoms with Crippen LogP contribution in [0.15, 0.2) is 18.2 Å². The number of amides is 1. The van der Waals surface area contributed by atoms with Crippen molar-refractivity contribution < 1.29 is 19.2 Å². The molecule has 0 radical (unpaired) electrons. The molecule has 1 aliphatic rings. The van der Waals surface area contributed by atoms with E-state index in [1.54, 1.807) is 0 Å². The maximum atomic E-state index is 12.6. The normalized spacial score (nSPS) is 20.4. The molecule has 0 saturated carbocycles. The zero-order valence-electron chi connectivity index (χ0n) is 15.1. The molecule has 0 spiro atoms. The number of nitrogens with one attached hydrogen (secondary N) is 3. The van der Waals surface area contributed by atoms with Crippen molar-refractivity contribution in [3.8, 4) is 0 Å². The number of aromatic nitrogens is 1. The zero-order chi connectivity index (χ0) is 18.0. The number of rotatable bonds is 4. The van der Waals surface area contributed by atoms with E-state index in [4.69, 9.17) is 4.74 Å². The third-order valence-electron chi connectivity index (χ3n) is 5.00. The molecule has 3 rings (SSSR count). The maximum Gasteiger partial charge on any atom is 0.356 e. The van der Waals surface area contributed by atoms with Crippen molar-refractivity contribution in [1.29, 1.82) is 0 Å². The molecule has 1 aromatic heterocycles. The van der Waals surface area contributed by atoms with Crippen molar-refractivity contribution in [2.45, 2.75) is 26.7 Å². The predicted molar refractivity (Wildman–Crippen MR) is 97.0 cm³/mol. The molecule has 25 heavy (non-hydrogen) atoms. The fourth-order valence-corrected chi connectivity index (χ4v) is 3.45. The number of hydrogen-bond donors (Lipinski definition) is 3. The topological polar surface area (TPSA) is 75.6 Å². The predicted octanol–water partition coefficient (Wildman–Crippen LogP) is 1.52. The van der Waals surface area contributed by atoms with Crippen LogP contribution in [0.25, 0.3) is 10.9 Å². The Morgan fingerprint density at radius 1 is 1.32 bits per heavy atom. The van der Waals surface area contributed by atoms with Gasteiger partial charge in [-0.3, -0.25) is 4.79 Å². The van der Waals surface area contributed by atoms with Gasteiger partial charge in [0.25, 0.3) is 5.91 Å². The Kier molecular flexibility index (Phi) is 5.08. The van der Waals surface area contributed by atoms with Gasteiger partial charge < -0.3 is 19.9 Å². The van der Waals surface area contributed by atoms with E-state index in [1.807, 2.05) is 25.1 Å². The van der Waals surface area contributed by atoms with Gasteiger partial charge in [-0.2, -0.15) is 0 Å². The minimum Gasteiger partial charge on any atom is -0.464 e. The lowest BCUT2D eigenvalue weighted by molar-refractivity contribution is -0.897. The van der Waals surface area contributed by atoms with Crippen molar-refractivity contribution >= 4 is 28.5 Å². The minimum absolute atomic E-state index is 0.0721. The molecule has 6 nitrogen and oxygen atoms in total. The lowest BCUT2D eigenvalue weighted by Crippen LogP contribution is -3.14. The van der Waals surface area contributed by atoms with Gasteiger partial charge in [0.05, 0.1) is 25.9 Å². The number of ether oxygens (including phenoxy) is 1. The number of H-pyrrole nitrogens is 1. The number of piperidine rings is 1. The number of likely N-dealkylation sites (tertiary alicyclic amines) is 1. The van der Waals surface area contributed by atoms with Crippen LogP contribution < -0.4 is 10.2 Å². The summed E-state index contributed by atoms with van der Waals surface area (Å²) in [6.45, 7) is 6.70. The van der Waals surface area contributed by atoms with E-state index in [-0.39, 0.29) is 5.91 Å². The van der Waals surface area contributed by atoms with E-state index < -0.39 is 5.97 Å². The summed E-state index contributed by atoms with van der Waals surface area (Å²) in [4.78, 5) is 29.0. The Labute approximate surface area is 147 Å². The molecule has 6 heteroatoms. The van der Waals surface area contributed by atoms with Crippen molar-refractivity contribution in [2.75, 3.05) is 32.1 Å². The third kappa shape index (κ3) is 3.85. The van der Waals surface area contributed by atoms with Crippen LogP contribution in [0.1, 0.15) is 35.8 Å². The highest BCUT2D eigenvalue weighted by atomic mass is 16.5. The molecule has 134 valence electrons. The van der Waals surface area contributed by atoms with Gasteiger partial charge in [-0.1, -0.05) is 18.6 Å². The maximum absolute atomic E-state index is 12.6. The van der Waals surface area contributed by atoms with Gasteiger partial charge >= 0.3 is 5.97 Å². The number of esters is 1. The van der Waals surface area contributed by atoms with Crippen LogP contribution in [0.4, 0.5) is 5.69 Å². The minimum atomic E-state index is -0.483. The smallest absolute Gasteiger partial charge is 0.356 e. The lowest BCUT2D eigenvalue weighted by atomic mass is 9.99. The third-order valence-corrected chi connectivity index (χ3v) is 5.00. The van der Waals surface area contributed by atoms with Crippen LogP contribution in [0.3, 0.4) is 0 Å². The second kappa shape index (κ2) is 7.27. The second-order valence-corrected chi connectivity index (χ2v) is 7.07. The molecular weight excluding hydrogens is 318 g/mol. The quantitative estimate of drug-likeness (QED) is 0.736. The summed E-state index contributed by atoms with van der Waals surface area (Å²) in [6.07, 6.45) is 2.31. The molecule has 2 aromatic rings. The zero-order valence-corrected chi connectivity index (χ0v) is 15.1. The second-order valence-electron chi connectivity index (χ2n) is 7.07. The molecule has 2 heterocycles. The van der Waals surface area contributed by atoms with Crippen LogP contribution in [-0.4, -0.2) is 43.6 Å². The van der Waals surface area contributed by atoms with E-state index in [9.17, 15) is 9.59 Å². The van der Waals surface area contributed by atoms with Crippen molar-refractivity contribution in [1.82, 2.24) is 4.98 Å². The number of fused-ring (bicyclic) bond motifs is 1. The number of quaternary nitrogens is 1. The fourth-order valence-electron chi connectivity index (χ4n) is 3.45. The first kappa shape index (κ1) is 17.5. The summed E-state index contributed by atoms with van der Waals surface area (Å²) >= 11 is 0. The summed E-state index contributed by atoms with van der Waals surface area (Å²) in [7, 11) is 1.34. The van der Waals surface area contributed by atoms with Crippen LogP contribution in [0.2, 0.25) is 0 Å². The first-order valence-corrected chi connectivity index (χ1v) is 8.82. The van der Waals surface area contributed by atoms with Gasteiger partial charge in [0.2, 0.25) is 0 Å². The fraction of sp³-hybridized carbons (Fsp3) is 0.474. The molecular formula is C19H26N3O3+. The molecule has 1 aliphatic heterocycles. The Morgan fingerprint density at radius 3 is 2.72 bits per heavy atom. The van der Waals surface area contributed by atoms with Crippen molar-refractivity contribution in [2.24, 2.45) is 5.92 Å². The number of aromatic amines is 1. The highest BCUT2D eigenvalue weighted by Crippen LogP contribution is 2.29. The number of carbonyl (C=O) groups excluding carboxylic acids is 2. The SMILES string of the molecule is COC(=O)c1[nH]c2ccc(C)cc2c1NC(=O)C[NH+]1CCC(C)CC1. The largest absolute Gasteiger partial charge is 0.464 e. The highest BCUT2D eigenvalue weighted by molar-refractivity contribution is 6.11. The van der Waals surface area contributed by atoms with E-state index in [2.05, 4.69) is 17.2 Å². The van der Waals surface area contributed by atoms with Crippen molar-refractivity contribution in [3.63, 3.8) is 0 Å². The van der Waals surface area contributed by atoms with Gasteiger partial charge in [0.15, 0.2) is 6.54 Å². The van der Waals surface area contributed by atoms with Crippen LogP contribution >= 0.6 is 0 Å². The van der Waals surface area contributed by atoms with E-state index >= 15 is 0 Å². The van der Waals surface area contributed by atoms with E-state index in [1.165, 1.54) is 12.0 Å². The molecule has 1 fully saturated rings. The monoisotopic (exact) mass is 344 g/mol. The van der Waals surface area contributed by atoms with Crippen LogP contribution in [-0.2, 0) is 9.53 Å². The standard InChI is InChI=1S/C19H25N3O3/c1-12-6-8-22(9-7-12)11-16(23)21-17-14-10-13(2)4-5-15(14)20-18(17)19(24)25-3/h4-5,10,12,20H,6-9,11H2,1-3H3,(H,21,23)/p+1. The number of anilines is 1. The number of benzene rings is 1. The number of methoxy groups -OCH3 is 1.